The first kappa shape index (κ1) is 27.6. The van der Waals surface area contributed by atoms with Crippen LogP contribution >= 0.6 is 0 Å². The predicted molar refractivity (Wildman–Crippen MR) is 127 cm³/mol. The lowest BCUT2D eigenvalue weighted by Gasteiger charge is -2.26. The fourth-order valence-corrected chi connectivity index (χ4v) is 3.28. The highest BCUT2D eigenvalue weighted by Gasteiger charge is 2.28. The summed E-state index contributed by atoms with van der Waals surface area (Å²) < 4.78 is 27.1. The Labute approximate surface area is 205 Å². The van der Waals surface area contributed by atoms with Crippen molar-refractivity contribution in [2.75, 3.05) is 13.9 Å². The molecule has 0 saturated carbocycles. The van der Waals surface area contributed by atoms with Crippen molar-refractivity contribution in [3.05, 3.63) is 48.3 Å². The van der Waals surface area contributed by atoms with E-state index >= 15 is 0 Å². The highest BCUT2D eigenvalue weighted by molar-refractivity contribution is 5.99. The van der Waals surface area contributed by atoms with Crippen molar-refractivity contribution in [1.82, 2.24) is 4.98 Å². The van der Waals surface area contributed by atoms with Crippen LogP contribution in [0.2, 0.25) is 0 Å². The number of Topliss-reactive ketones (excluding diaryl/α,β-unsaturated/α-hetero) is 1. The van der Waals surface area contributed by atoms with Crippen LogP contribution < -0.4 is 14.2 Å². The van der Waals surface area contributed by atoms with Gasteiger partial charge in [0, 0.05) is 25.6 Å². The number of ether oxygens (including phenoxy) is 5. The summed E-state index contributed by atoms with van der Waals surface area (Å²) >= 11 is 0. The number of hydrogen-bond acceptors (Lipinski definition) is 9. The second-order valence-electron chi connectivity index (χ2n) is 8.02. The summed E-state index contributed by atoms with van der Waals surface area (Å²) in [7, 11) is 1.41. The van der Waals surface area contributed by atoms with E-state index < -0.39 is 36.5 Å². The number of methoxy groups -OCH3 is 1. The Morgan fingerprint density at radius 1 is 1.06 bits per heavy atom. The molecule has 1 aromatic carbocycles. The lowest BCUT2D eigenvalue weighted by Crippen LogP contribution is -2.35. The maximum atomic E-state index is 13.0. The lowest BCUT2D eigenvalue weighted by molar-refractivity contribution is -0.157. The largest absolute Gasteiger partial charge is 0.493 e. The van der Waals surface area contributed by atoms with Gasteiger partial charge in [-0.2, -0.15) is 0 Å². The van der Waals surface area contributed by atoms with Crippen LogP contribution in [0.3, 0.4) is 0 Å². The summed E-state index contributed by atoms with van der Waals surface area (Å²) in [5.74, 6) is -1.25. The van der Waals surface area contributed by atoms with Crippen LogP contribution in [-0.2, 0) is 19.1 Å². The summed E-state index contributed by atoms with van der Waals surface area (Å²) in [6.07, 6.45) is 1.95. The van der Waals surface area contributed by atoms with Crippen molar-refractivity contribution in [2.24, 2.45) is 5.92 Å². The van der Waals surface area contributed by atoms with E-state index in [1.54, 1.807) is 13.8 Å². The van der Waals surface area contributed by atoms with Gasteiger partial charge in [0.25, 0.3) is 0 Å². The quantitative estimate of drug-likeness (QED) is 0.218. The monoisotopic (exact) mass is 487 g/mol. The van der Waals surface area contributed by atoms with Gasteiger partial charge in [0.2, 0.25) is 6.79 Å². The number of ketones is 1. The summed E-state index contributed by atoms with van der Waals surface area (Å²) in [5.41, 5.74) is -0.0273. The molecule has 0 radical (unpaired) electrons. The molecule has 0 spiro atoms. The number of benzene rings is 1. The van der Waals surface area contributed by atoms with Crippen molar-refractivity contribution < 1.29 is 38.1 Å². The fraction of sp³-hybridized carbons (Fsp3) is 0.462. The minimum Gasteiger partial charge on any atom is -0.493 e. The van der Waals surface area contributed by atoms with Crippen LogP contribution in [0.25, 0.3) is 0 Å². The Bertz CT molecular complexity index is 979. The molecule has 0 aliphatic carbocycles. The van der Waals surface area contributed by atoms with Crippen molar-refractivity contribution in [3.63, 3.8) is 0 Å². The Morgan fingerprint density at radius 2 is 1.77 bits per heavy atom. The van der Waals surface area contributed by atoms with Crippen molar-refractivity contribution in [3.8, 4) is 17.2 Å². The Kier molecular flexibility index (Phi) is 11.0. The van der Waals surface area contributed by atoms with Crippen LogP contribution in [0.4, 0.5) is 0 Å². The molecule has 0 bridgehead atoms. The van der Waals surface area contributed by atoms with Gasteiger partial charge < -0.3 is 23.7 Å². The molecule has 0 aliphatic rings. The maximum absolute atomic E-state index is 13.0. The summed E-state index contributed by atoms with van der Waals surface area (Å²) in [5, 5.41) is 0. The molecular formula is C26H33NO8. The number of carbonyl (C=O) groups excluding carboxylic acids is 3. The molecule has 2 aromatic rings. The predicted octanol–water partition coefficient (Wildman–Crippen LogP) is 4.38. The van der Waals surface area contributed by atoms with Crippen LogP contribution in [0, 0.1) is 5.92 Å². The molecule has 2 rings (SSSR count). The highest BCUT2D eigenvalue weighted by Crippen LogP contribution is 2.31. The number of carbonyl (C=O) groups is 3. The molecule has 35 heavy (non-hydrogen) atoms. The minimum absolute atomic E-state index is 0.0273. The first-order valence-electron chi connectivity index (χ1n) is 11.5. The van der Waals surface area contributed by atoms with Gasteiger partial charge in [-0.15, -0.1) is 0 Å². The molecule has 0 saturated heterocycles. The number of nitrogens with zero attached hydrogens (tertiary/aromatic N) is 1. The minimum atomic E-state index is -0.738. The van der Waals surface area contributed by atoms with E-state index in [-0.39, 0.29) is 29.7 Å². The molecule has 0 fully saturated rings. The summed E-state index contributed by atoms with van der Waals surface area (Å²) in [6, 6.07) is 10.9. The Balaban J connectivity index is 2.04. The maximum Gasteiger partial charge on any atom is 0.309 e. The second-order valence-corrected chi connectivity index (χ2v) is 8.02. The second kappa shape index (κ2) is 13.9. The van der Waals surface area contributed by atoms with Gasteiger partial charge in [0.1, 0.15) is 18.0 Å². The third-order valence-corrected chi connectivity index (χ3v) is 5.14. The fourth-order valence-electron chi connectivity index (χ4n) is 3.28. The van der Waals surface area contributed by atoms with E-state index in [4.69, 9.17) is 23.7 Å². The number of esters is 2. The SMILES string of the molecule is CCC[C@@H](Oc1ccccc1)[C@H](C)OC(=O)[C@H](C)CC(=O)c1nccc(OC)c1OCOC(C)=O. The van der Waals surface area contributed by atoms with Crippen LogP contribution in [-0.4, -0.2) is 48.8 Å². The molecular weight excluding hydrogens is 454 g/mol. The number of para-hydroxylation sites is 1. The molecule has 0 N–H and O–H groups in total. The molecule has 3 atom stereocenters. The molecule has 9 nitrogen and oxygen atoms in total. The van der Waals surface area contributed by atoms with Gasteiger partial charge in [-0.25, -0.2) is 4.98 Å². The van der Waals surface area contributed by atoms with Gasteiger partial charge in [-0.05, 0) is 25.5 Å². The Hall–Kier alpha value is -3.62. The smallest absolute Gasteiger partial charge is 0.309 e. The molecule has 0 amide bonds. The average molecular weight is 488 g/mol. The first-order chi connectivity index (χ1) is 16.8. The van der Waals surface area contributed by atoms with Crippen LogP contribution in [0.5, 0.6) is 17.2 Å². The summed E-state index contributed by atoms with van der Waals surface area (Å²) in [4.78, 5) is 40.9. The van der Waals surface area contributed by atoms with Crippen LogP contribution in [0.15, 0.2) is 42.6 Å². The average Bonchev–Trinajstić information content (AvgIpc) is 2.84. The van der Waals surface area contributed by atoms with Gasteiger partial charge in [-0.3, -0.25) is 14.4 Å². The Morgan fingerprint density at radius 3 is 2.40 bits per heavy atom. The normalized spacial score (nSPS) is 13.2. The van der Waals surface area contributed by atoms with E-state index in [9.17, 15) is 14.4 Å². The zero-order valence-electron chi connectivity index (χ0n) is 20.8. The molecule has 1 heterocycles. The number of rotatable bonds is 14. The molecule has 9 heteroatoms. The van der Waals surface area contributed by atoms with E-state index in [0.717, 1.165) is 6.42 Å². The van der Waals surface area contributed by atoms with Gasteiger partial charge >= 0.3 is 11.9 Å². The zero-order chi connectivity index (χ0) is 25.8. The highest BCUT2D eigenvalue weighted by atomic mass is 16.7. The standard InChI is InChI=1S/C26H33NO8/c1-6-10-22(35-20-11-8-7-9-12-20)18(3)34-26(30)17(2)15-21(29)24-25(33-16-32-19(4)28)23(31-5)13-14-27-24/h7-9,11-14,17-18,22H,6,10,15-16H2,1-5H3/t17-,18+,22-/m1/s1. The topological polar surface area (TPSA) is 110 Å². The first-order valence-corrected chi connectivity index (χ1v) is 11.5. The molecule has 190 valence electrons. The van der Waals surface area contributed by atoms with E-state index in [2.05, 4.69) is 4.98 Å². The number of aromatic nitrogens is 1. The lowest BCUT2D eigenvalue weighted by atomic mass is 10.0. The third kappa shape index (κ3) is 8.59. The van der Waals surface area contributed by atoms with Gasteiger partial charge in [0.05, 0.1) is 13.0 Å². The van der Waals surface area contributed by atoms with Gasteiger partial charge in [0.15, 0.2) is 23.0 Å². The molecule has 1 aromatic heterocycles. The van der Waals surface area contributed by atoms with E-state index in [1.807, 2.05) is 37.3 Å². The van der Waals surface area contributed by atoms with Crippen LogP contribution in [0.1, 0.15) is 57.4 Å². The number of hydrogen-bond donors (Lipinski definition) is 0. The zero-order valence-corrected chi connectivity index (χ0v) is 20.8. The van der Waals surface area contributed by atoms with Crippen molar-refractivity contribution in [2.45, 2.75) is 59.2 Å². The molecule has 0 aliphatic heterocycles. The van der Waals surface area contributed by atoms with E-state index in [0.29, 0.717) is 12.2 Å². The van der Waals surface area contributed by atoms with Crippen molar-refractivity contribution in [1.29, 1.82) is 0 Å². The molecule has 0 unspecified atom stereocenters. The van der Waals surface area contributed by atoms with E-state index in [1.165, 1.54) is 26.3 Å². The third-order valence-electron chi connectivity index (χ3n) is 5.14. The van der Waals surface area contributed by atoms with Gasteiger partial charge in [-0.1, -0.05) is 38.5 Å². The number of pyridine rings is 1. The summed E-state index contributed by atoms with van der Waals surface area (Å²) in [6.45, 7) is 6.24. The van der Waals surface area contributed by atoms with Crippen molar-refractivity contribution >= 4 is 17.7 Å².